The van der Waals surface area contributed by atoms with Gasteiger partial charge in [-0.2, -0.15) is 0 Å². The molecule has 1 aliphatic rings. The van der Waals surface area contributed by atoms with Crippen LogP contribution in [-0.4, -0.2) is 10.9 Å². The largest absolute Gasteiger partial charge is 0.508 e. The highest BCUT2D eigenvalue weighted by atomic mass is 35.5. The number of rotatable bonds is 8. The summed E-state index contributed by atoms with van der Waals surface area (Å²) in [6, 6.07) is 28.1. The number of phenols is 1. The fourth-order valence-corrected chi connectivity index (χ4v) is 5.77. The van der Waals surface area contributed by atoms with Crippen molar-refractivity contribution >= 4 is 33.7 Å². The van der Waals surface area contributed by atoms with E-state index < -0.39 is 0 Å². The Hall–Kier alpha value is -3.36. The number of hydrogen-bond donors (Lipinski definition) is 1. The highest BCUT2D eigenvalue weighted by Crippen LogP contribution is 2.41. The molecule has 0 heterocycles. The molecule has 37 heavy (non-hydrogen) atoms. The second-order valence-electron chi connectivity index (χ2n) is 10.2. The van der Waals surface area contributed by atoms with Crippen LogP contribution in [0.1, 0.15) is 67.2 Å². The number of unbranched alkanes of at least 4 members (excludes halogenated alkanes) is 3. The second-order valence-corrected chi connectivity index (χ2v) is 10.6. The zero-order valence-electron chi connectivity index (χ0n) is 21.3. The van der Waals surface area contributed by atoms with Crippen molar-refractivity contribution < 1.29 is 9.90 Å². The Labute approximate surface area is 224 Å². The predicted molar refractivity (Wildman–Crippen MR) is 154 cm³/mol. The average molecular weight is 509 g/mol. The van der Waals surface area contributed by atoms with E-state index in [4.69, 9.17) is 11.6 Å². The quantitative estimate of drug-likeness (QED) is 0.241. The normalized spacial score (nSPS) is 17.4. The van der Waals surface area contributed by atoms with Gasteiger partial charge in [-0.3, -0.25) is 4.79 Å². The Bertz CT molecular complexity index is 1430. The molecular formula is C34H33ClO2. The van der Waals surface area contributed by atoms with Gasteiger partial charge in [0.2, 0.25) is 0 Å². The third kappa shape index (κ3) is 5.65. The third-order valence-electron chi connectivity index (χ3n) is 7.55. The van der Waals surface area contributed by atoms with E-state index in [9.17, 15) is 9.90 Å². The fourth-order valence-electron chi connectivity index (χ4n) is 5.60. The summed E-state index contributed by atoms with van der Waals surface area (Å²) in [7, 11) is 0. The van der Waals surface area contributed by atoms with Crippen LogP contribution >= 0.6 is 11.6 Å². The highest BCUT2D eigenvalue weighted by molar-refractivity contribution is 6.30. The summed E-state index contributed by atoms with van der Waals surface area (Å²) in [4.78, 5) is 14.2. The summed E-state index contributed by atoms with van der Waals surface area (Å²) in [6.45, 7) is 2.21. The van der Waals surface area contributed by atoms with Crippen molar-refractivity contribution in [2.45, 2.75) is 51.4 Å². The Morgan fingerprint density at radius 3 is 2.41 bits per heavy atom. The van der Waals surface area contributed by atoms with Gasteiger partial charge in [-0.05, 0) is 75.7 Å². The molecule has 3 heteroatoms. The molecule has 0 saturated carbocycles. The summed E-state index contributed by atoms with van der Waals surface area (Å²) in [5, 5.41) is 13.0. The minimum absolute atomic E-state index is 0.166. The van der Waals surface area contributed by atoms with Crippen molar-refractivity contribution in [2.24, 2.45) is 5.92 Å². The van der Waals surface area contributed by atoms with Crippen molar-refractivity contribution in [1.82, 2.24) is 0 Å². The number of Topliss-reactive ketones (excluding diaryl/α,β-unsaturated/α-hetero) is 1. The molecule has 0 amide bonds. The lowest BCUT2D eigenvalue weighted by atomic mass is 9.82. The van der Waals surface area contributed by atoms with Crippen LogP contribution < -0.4 is 0 Å². The number of hydrogen-bond acceptors (Lipinski definition) is 2. The monoisotopic (exact) mass is 508 g/mol. The molecule has 2 nitrogen and oxygen atoms in total. The molecule has 4 aromatic rings. The molecule has 0 aromatic heterocycles. The minimum atomic E-state index is -0.257. The van der Waals surface area contributed by atoms with Gasteiger partial charge in [-0.15, -0.1) is 0 Å². The first-order valence-electron chi connectivity index (χ1n) is 13.4. The molecule has 0 fully saturated rings. The Balaban J connectivity index is 1.60. The van der Waals surface area contributed by atoms with Crippen LogP contribution in [0, 0.1) is 5.92 Å². The summed E-state index contributed by atoms with van der Waals surface area (Å²) < 4.78 is 0. The molecule has 0 aliphatic heterocycles. The van der Waals surface area contributed by atoms with Crippen molar-refractivity contribution in [3.8, 4) is 5.75 Å². The van der Waals surface area contributed by atoms with E-state index in [2.05, 4.69) is 55.5 Å². The molecule has 5 rings (SSSR count). The van der Waals surface area contributed by atoms with Crippen molar-refractivity contribution in [3.05, 3.63) is 118 Å². The van der Waals surface area contributed by atoms with E-state index in [0.717, 1.165) is 47.1 Å². The molecule has 0 radical (unpaired) electrons. The van der Waals surface area contributed by atoms with Gasteiger partial charge in [-0.1, -0.05) is 111 Å². The topological polar surface area (TPSA) is 37.3 Å². The van der Waals surface area contributed by atoms with Crippen molar-refractivity contribution in [1.29, 1.82) is 0 Å². The number of carbonyl (C=O) groups is 1. The number of benzene rings is 4. The Morgan fingerprint density at radius 1 is 0.838 bits per heavy atom. The molecular weight excluding hydrogens is 476 g/mol. The average Bonchev–Trinajstić information content (AvgIpc) is 3.01. The van der Waals surface area contributed by atoms with Gasteiger partial charge in [-0.25, -0.2) is 0 Å². The number of halogens is 1. The number of allylic oxidation sites excluding steroid dienone is 1. The standard InChI is InChI=1S/C34H33ClO2/c1-2-3-4-5-10-31-30-18-15-28(35)22-33(30)32(25-13-16-29(36)17-14-25)21-27(34(31)37)20-23-11-12-24-8-6-7-9-26(24)19-23/h6-9,11-19,21-22,27,31,36H,2-5,10,20H2,1H3. The summed E-state index contributed by atoms with van der Waals surface area (Å²) in [5.41, 5.74) is 5.23. The molecule has 0 spiro atoms. The lowest BCUT2D eigenvalue weighted by molar-refractivity contribution is -0.123. The van der Waals surface area contributed by atoms with E-state index in [1.807, 2.05) is 30.3 Å². The number of ketones is 1. The number of aromatic hydroxyl groups is 1. The predicted octanol–water partition coefficient (Wildman–Crippen LogP) is 9.13. The smallest absolute Gasteiger partial charge is 0.147 e. The summed E-state index contributed by atoms with van der Waals surface area (Å²) >= 11 is 6.51. The molecule has 2 atom stereocenters. The van der Waals surface area contributed by atoms with Gasteiger partial charge in [0.1, 0.15) is 11.5 Å². The second kappa shape index (κ2) is 11.4. The van der Waals surface area contributed by atoms with Crippen LogP contribution in [0.15, 0.2) is 91.0 Å². The lowest BCUT2D eigenvalue weighted by Gasteiger charge is -2.21. The van der Waals surface area contributed by atoms with Crippen LogP contribution in [0.25, 0.3) is 16.3 Å². The van der Waals surface area contributed by atoms with Crippen LogP contribution in [0.3, 0.4) is 0 Å². The first-order chi connectivity index (χ1) is 18.0. The maximum Gasteiger partial charge on any atom is 0.147 e. The molecule has 1 aliphatic carbocycles. The molecule has 0 saturated heterocycles. The van der Waals surface area contributed by atoms with Crippen molar-refractivity contribution in [3.63, 3.8) is 0 Å². The third-order valence-corrected chi connectivity index (χ3v) is 7.79. The number of phenolic OH excluding ortho intramolecular Hbond substituents is 1. The van der Waals surface area contributed by atoms with E-state index in [1.54, 1.807) is 12.1 Å². The van der Waals surface area contributed by atoms with Crippen LogP contribution in [0.5, 0.6) is 5.75 Å². The molecule has 4 aromatic carbocycles. The first kappa shape index (κ1) is 25.3. The molecule has 1 N–H and O–H groups in total. The fraction of sp³-hybridized carbons (Fsp3) is 0.265. The van der Waals surface area contributed by atoms with Gasteiger partial charge in [0.25, 0.3) is 0 Å². The number of carbonyl (C=O) groups excluding carboxylic acids is 1. The van der Waals surface area contributed by atoms with Crippen molar-refractivity contribution in [2.75, 3.05) is 0 Å². The maximum atomic E-state index is 14.2. The van der Waals surface area contributed by atoms with Crippen LogP contribution in [0.4, 0.5) is 0 Å². The number of fused-ring (bicyclic) bond motifs is 2. The van der Waals surface area contributed by atoms with E-state index in [-0.39, 0.29) is 23.4 Å². The van der Waals surface area contributed by atoms with E-state index in [0.29, 0.717) is 11.4 Å². The van der Waals surface area contributed by atoms with Gasteiger partial charge >= 0.3 is 0 Å². The van der Waals surface area contributed by atoms with Gasteiger partial charge in [0.15, 0.2) is 0 Å². The zero-order chi connectivity index (χ0) is 25.8. The van der Waals surface area contributed by atoms with Gasteiger partial charge in [0, 0.05) is 16.9 Å². The molecule has 188 valence electrons. The zero-order valence-corrected chi connectivity index (χ0v) is 22.0. The van der Waals surface area contributed by atoms with Crippen LogP contribution in [0.2, 0.25) is 5.02 Å². The minimum Gasteiger partial charge on any atom is -0.508 e. The van der Waals surface area contributed by atoms with E-state index >= 15 is 0 Å². The maximum absolute atomic E-state index is 14.2. The Morgan fingerprint density at radius 2 is 1.62 bits per heavy atom. The first-order valence-corrected chi connectivity index (χ1v) is 13.7. The van der Waals surface area contributed by atoms with Gasteiger partial charge < -0.3 is 5.11 Å². The SMILES string of the molecule is CCCCCCC1C(=O)C(Cc2ccc3ccccc3c2)C=C(c2ccc(O)cc2)c2cc(Cl)ccc21. The van der Waals surface area contributed by atoms with E-state index in [1.165, 1.54) is 23.6 Å². The molecule has 2 unspecified atom stereocenters. The molecule has 0 bridgehead atoms. The van der Waals surface area contributed by atoms with Gasteiger partial charge in [0.05, 0.1) is 0 Å². The summed E-state index contributed by atoms with van der Waals surface area (Å²) in [5.74, 6) is 0.0802. The lowest BCUT2D eigenvalue weighted by Crippen LogP contribution is -2.22. The summed E-state index contributed by atoms with van der Waals surface area (Å²) in [6.07, 6.45) is 8.16. The Kier molecular flexibility index (Phi) is 7.76. The highest BCUT2D eigenvalue weighted by Gasteiger charge is 2.33. The van der Waals surface area contributed by atoms with Crippen LogP contribution in [-0.2, 0) is 11.2 Å².